The maximum Gasteiger partial charge on any atom is 0.00793 e. The molecule has 1 saturated heterocycles. The van der Waals surface area contributed by atoms with Gasteiger partial charge in [-0.25, -0.2) is 0 Å². The van der Waals surface area contributed by atoms with E-state index in [0.717, 1.165) is 5.92 Å². The van der Waals surface area contributed by atoms with Crippen LogP contribution >= 0.6 is 12.4 Å². The zero-order valence-electron chi connectivity index (χ0n) is 9.66. The van der Waals surface area contributed by atoms with Gasteiger partial charge in [0.15, 0.2) is 0 Å². The Bertz CT molecular complexity index is 169. The van der Waals surface area contributed by atoms with Crippen LogP contribution in [0.4, 0.5) is 0 Å². The summed E-state index contributed by atoms with van der Waals surface area (Å²) >= 11 is 0. The average Bonchev–Trinajstić information content (AvgIpc) is 2.23. The van der Waals surface area contributed by atoms with Crippen molar-refractivity contribution in [3.63, 3.8) is 0 Å². The lowest BCUT2D eigenvalue weighted by atomic mass is 9.84. The zero-order valence-corrected chi connectivity index (χ0v) is 10.5. The summed E-state index contributed by atoms with van der Waals surface area (Å²) in [6.45, 7) is 3.92. The lowest BCUT2D eigenvalue weighted by Gasteiger charge is -2.35. The summed E-state index contributed by atoms with van der Waals surface area (Å²) in [4.78, 5) is 2.64. The molecule has 0 amide bonds. The van der Waals surface area contributed by atoms with E-state index in [1.54, 1.807) is 0 Å². The van der Waals surface area contributed by atoms with Crippen molar-refractivity contribution in [1.29, 1.82) is 0 Å². The summed E-state index contributed by atoms with van der Waals surface area (Å²) in [6.07, 6.45) is 9.65. The van der Waals surface area contributed by atoms with Crippen molar-refractivity contribution in [3.8, 4) is 0 Å². The van der Waals surface area contributed by atoms with Crippen molar-refractivity contribution in [3.05, 3.63) is 0 Å². The van der Waals surface area contributed by atoms with Gasteiger partial charge in [0.05, 0.1) is 0 Å². The van der Waals surface area contributed by atoms with Gasteiger partial charge in [-0.15, -0.1) is 12.4 Å². The van der Waals surface area contributed by atoms with Crippen LogP contribution in [0.15, 0.2) is 0 Å². The van der Waals surface area contributed by atoms with Crippen LogP contribution in [-0.2, 0) is 0 Å². The summed E-state index contributed by atoms with van der Waals surface area (Å²) in [5.41, 5.74) is 6.17. The second-order valence-electron chi connectivity index (χ2n) is 5.07. The Morgan fingerprint density at radius 3 is 2.27 bits per heavy atom. The molecule has 0 aromatic carbocycles. The fourth-order valence-corrected chi connectivity index (χ4v) is 2.94. The number of likely N-dealkylation sites (tertiary alicyclic amines) is 1. The lowest BCUT2D eigenvalue weighted by molar-refractivity contribution is 0.161. The molecule has 2 unspecified atom stereocenters. The second-order valence-corrected chi connectivity index (χ2v) is 5.07. The van der Waals surface area contributed by atoms with Crippen LogP contribution in [0, 0.1) is 5.92 Å². The first-order valence-corrected chi connectivity index (χ1v) is 6.34. The third-order valence-electron chi connectivity index (χ3n) is 3.91. The maximum absolute atomic E-state index is 6.17. The summed E-state index contributed by atoms with van der Waals surface area (Å²) in [5, 5.41) is 0. The molecule has 2 nitrogen and oxygen atoms in total. The summed E-state index contributed by atoms with van der Waals surface area (Å²) < 4.78 is 0. The fourth-order valence-electron chi connectivity index (χ4n) is 2.94. The molecule has 90 valence electrons. The van der Waals surface area contributed by atoms with Gasteiger partial charge in [-0.05, 0) is 44.7 Å². The quantitative estimate of drug-likeness (QED) is 0.793. The molecule has 15 heavy (non-hydrogen) atoms. The van der Waals surface area contributed by atoms with E-state index in [1.165, 1.54) is 64.6 Å². The second kappa shape index (κ2) is 6.72. The highest BCUT2D eigenvalue weighted by atomic mass is 35.5. The van der Waals surface area contributed by atoms with E-state index >= 15 is 0 Å². The van der Waals surface area contributed by atoms with E-state index in [-0.39, 0.29) is 12.4 Å². The molecule has 2 fully saturated rings. The van der Waals surface area contributed by atoms with Gasteiger partial charge in [0.2, 0.25) is 0 Å². The highest BCUT2D eigenvalue weighted by molar-refractivity contribution is 5.85. The third kappa shape index (κ3) is 3.93. The fraction of sp³-hybridized carbons (Fsp3) is 1.00. The van der Waals surface area contributed by atoms with Gasteiger partial charge in [0, 0.05) is 12.6 Å². The molecular formula is C12H25ClN2. The number of nitrogens with zero attached hydrogens (tertiary/aromatic N) is 1. The maximum atomic E-state index is 6.17. The van der Waals surface area contributed by atoms with Gasteiger partial charge in [-0.2, -0.15) is 0 Å². The minimum absolute atomic E-state index is 0. The van der Waals surface area contributed by atoms with Crippen LogP contribution in [0.3, 0.4) is 0 Å². The Hall–Kier alpha value is 0.210. The molecule has 3 heteroatoms. The van der Waals surface area contributed by atoms with E-state index in [4.69, 9.17) is 5.73 Å². The predicted molar refractivity (Wildman–Crippen MR) is 67.5 cm³/mol. The highest BCUT2D eigenvalue weighted by Gasteiger charge is 2.24. The van der Waals surface area contributed by atoms with Crippen molar-refractivity contribution in [1.82, 2.24) is 4.90 Å². The molecule has 2 atom stereocenters. The van der Waals surface area contributed by atoms with Gasteiger partial charge < -0.3 is 10.6 Å². The number of piperidine rings is 1. The Balaban J connectivity index is 0.00000112. The van der Waals surface area contributed by atoms with E-state index in [0.29, 0.717) is 6.04 Å². The number of nitrogens with two attached hydrogens (primary N) is 1. The van der Waals surface area contributed by atoms with Crippen molar-refractivity contribution in [2.24, 2.45) is 11.7 Å². The van der Waals surface area contributed by atoms with Crippen molar-refractivity contribution in [2.45, 2.75) is 51.0 Å². The molecule has 0 aromatic heterocycles. The molecule has 0 bridgehead atoms. The molecule has 1 saturated carbocycles. The van der Waals surface area contributed by atoms with Crippen LogP contribution in [-0.4, -0.2) is 30.6 Å². The molecule has 0 aromatic rings. The summed E-state index contributed by atoms with van der Waals surface area (Å²) in [5.74, 6) is 0.793. The molecule has 2 rings (SSSR count). The number of hydrogen-bond acceptors (Lipinski definition) is 2. The van der Waals surface area contributed by atoms with Gasteiger partial charge in [0.1, 0.15) is 0 Å². The molecule has 2 N–H and O–H groups in total. The van der Waals surface area contributed by atoms with Crippen LogP contribution in [0.1, 0.15) is 44.9 Å². The minimum atomic E-state index is 0. The van der Waals surface area contributed by atoms with Crippen LogP contribution in [0.25, 0.3) is 0 Å². The van der Waals surface area contributed by atoms with Gasteiger partial charge >= 0.3 is 0 Å². The highest BCUT2D eigenvalue weighted by Crippen LogP contribution is 2.24. The summed E-state index contributed by atoms with van der Waals surface area (Å²) in [7, 11) is 0. The Morgan fingerprint density at radius 1 is 0.933 bits per heavy atom. The molecule has 0 radical (unpaired) electrons. The lowest BCUT2D eigenvalue weighted by Crippen LogP contribution is -2.42. The first-order valence-electron chi connectivity index (χ1n) is 6.34. The number of rotatable bonds is 2. The molecule has 2 aliphatic rings. The Morgan fingerprint density at radius 2 is 1.60 bits per heavy atom. The SMILES string of the molecule is Cl.NC1CCCCC1CN1CCCCC1. The third-order valence-corrected chi connectivity index (χ3v) is 3.91. The van der Waals surface area contributed by atoms with Crippen LogP contribution in [0.2, 0.25) is 0 Å². The average molecular weight is 233 g/mol. The Kier molecular flexibility index (Phi) is 5.95. The molecule has 1 aliphatic heterocycles. The smallest absolute Gasteiger partial charge is 0.00793 e. The first-order chi connectivity index (χ1) is 6.86. The van der Waals surface area contributed by atoms with Crippen molar-refractivity contribution in [2.75, 3.05) is 19.6 Å². The molecule has 1 heterocycles. The molecular weight excluding hydrogens is 208 g/mol. The minimum Gasteiger partial charge on any atom is -0.327 e. The topological polar surface area (TPSA) is 29.3 Å². The standard InChI is InChI=1S/C12H24N2.ClH/c13-12-7-3-2-6-11(12)10-14-8-4-1-5-9-14;/h11-12H,1-10,13H2;1H. The van der Waals surface area contributed by atoms with Gasteiger partial charge in [-0.1, -0.05) is 19.3 Å². The van der Waals surface area contributed by atoms with E-state index < -0.39 is 0 Å². The van der Waals surface area contributed by atoms with Gasteiger partial charge in [-0.3, -0.25) is 0 Å². The summed E-state index contributed by atoms with van der Waals surface area (Å²) in [6, 6.07) is 0.491. The Labute approximate surface area is 100.0 Å². The predicted octanol–water partition coefficient (Wildman–Crippen LogP) is 2.41. The van der Waals surface area contributed by atoms with Crippen LogP contribution < -0.4 is 5.73 Å². The normalized spacial score (nSPS) is 33.4. The van der Waals surface area contributed by atoms with Crippen LogP contribution in [0.5, 0.6) is 0 Å². The first kappa shape index (κ1) is 13.3. The van der Waals surface area contributed by atoms with Gasteiger partial charge in [0.25, 0.3) is 0 Å². The van der Waals surface area contributed by atoms with Crippen molar-refractivity contribution < 1.29 is 0 Å². The van der Waals surface area contributed by atoms with E-state index in [1.807, 2.05) is 0 Å². The zero-order chi connectivity index (χ0) is 9.80. The number of hydrogen-bond donors (Lipinski definition) is 1. The van der Waals surface area contributed by atoms with E-state index in [9.17, 15) is 0 Å². The monoisotopic (exact) mass is 232 g/mol. The molecule has 1 aliphatic carbocycles. The number of halogens is 1. The molecule has 0 spiro atoms. The van der Waals surface area contributed by atoms with Crippen molar-refractivity contribution >= 4 is 12.4 Å². The largest absolute Gasteiger partial charge is 0.327 e. The van der Waals surface area contributed by atoms with E-state index in [2.05, 4.69) is 4.90 Å².